The summed E-state index contributed by atoms with van der Waals surface area (Å²) in [6.07, 6.45) is 10.5. The van der Waals surface area contributed by atoms with Crippen molar-refractivity contribution in [1.29, 1.82) is 0 Å². The van der Waals surface area contributed by atoms with Crippen LogP contribution in [0, 0.1) is 0 Å². The fraction of sp³-hybridized carbons (Fsp3) is 0.769. The van der Waals surface area contributed by atoms with Gasteiger partial charge in [-0.05, 0) is 12.8 Å². The fourth-order valence-electron chi connectivity index (χ4n) is 1.62. The molecule has 0 saturated carbocycles. The van der Waals surface area contributed by atoms with Crippen molar-refractivity contribution in [2.45, 2.75) is 58.3 Å². The molecule has 0 aromatic carbocycles. The summed E-state index contributed by atoms with van der Waals surface area (Å²) in [5.74, 6) is -1.44. The van der Waals surface area contributed by atoms with Gasteiger partial charge >= 0.3 is 29.6 Å². The second kappa shape index (κ2) is 14.1. The summed E-state index contributed by atoms with van der Waals surface area (Å²) < 4.78 is 24.4. The van der Waals surface area contributed by atoms with Crippen LogP contribution in [0.2, 0.25) is 0 Å². The summed E-state index contributed by atoms with van der Waals surface area (Å²) in [4.78, 5) is 10.1. The molecule has 0 rings (SSSR count). The minimum absolute atomic E-state index is 0. The van der Waals surface area contributed by atoms with E-state index in [2.05, 4.69) is 6.92 Å². The van der Waals surface area contributed by atoms with Gasteiger partial charge in [0.1, 0.15) is 0 Å². The van der Waals surface area contributed by atoms with E-state index < -0.39 is 22.5 Å². The van der Waals surface area contributed by atoms with Crippen LogP contribution in [0.3, 0.4) is 0 Å². The van der Waals surface area contributed by atoms with E-state index >= 15 is 0 Å². The molecule has 0 aromatic rings. The number of nitrogens with one attached hydrogen (secondary N) is 1. The Morgan fingerprint density at radius 1 is 1.10 bits per heavy atom. The number of carbonyl (C=O) groups excluding carboxylic acids is 1. The summed E-state index contributed by atoms with van der Waals surface area (Å²) in [5.41, 5.74) is 0. The van der Waals surface area contributed by atoms with Gasteiger partial charge in [-0.15, -0.1) is 0 Å². The molecule has 5 nitrogen and oxygen atoms in total. The Labute approximate surface area is 144 Å². The van der Waals surface area contributed by atoms with Crippen molar-refractivity contribution < 1.29 is 47.9 Å². The smallest absolute Gasteiger partial charge is 0.549 e. The van der Waals surface area contributed by atoms with Gasteiger partial charge in [-0.2, -0.15) is 0 Å². The van der Waals surface area contributed by atoms with E-state index in [1.54, 1.807) is 6.08 Å². The molecule has 112 valence electrons. The summed E-state index contributed by atoms with van der Waals surface area (Å²) >= 11 is 0. The normalized spacial score (nSPS) is 11.4. The van der Waals surface area contributed by atoms with E-state index in [1.807, 2.05) is 4.72 Å². The zero-order valence-electron chi connectivity index (χ0n) is 12.6. The third-order valence-electron chi connectivity index (χ3n) is 2.67. The Hall–Kier alpha value is 0.120. The van der Waals surface area contributed by atoms with E-state index in [1.165, 1.54) is 32.1 Å². The van der Waals surface area contributed by atoms with Crippen molar-refractivity contribution in [2.24, 2.45) is 0 Å². The van der Waals surface area contributed by atoms with Crippen molar-refractivity contribution in [2.75, 3.05) is 6.54 Å². The minimum atomic E-state index is -3.63. The van der Waals surface area contributed by atoms with Crippen molar-refractivity contribution in [3.8, 4) is 0 Å². The van der Waals surface area contributed by atoms with Crippen LogP contribution in [0.4, 0.5) is 0 Å². The maximum Gasteiger partial charge on any atom is 1.00 e. The Morgan fingerprint density at radius 2 is 1.65 bits per heavy atom. The first-order valence-electron chi connectivity index (χ1n) is 6.84. The Morgan fingerprint density at radius 3 is 2.20 bits per heavy atom. The number of hydrogen-bond donors (Lipinski definition) is 1. The zero-order chi connectivity index (χ0) is 14.6. The van der Waals surface area contributed by atoms with Gasteiger partial charge in [-0.1, -0.05) is 51.5 Å². The average molecular weight is 313 g/mol. The second-order valence-corrected chi connectivity index (χ2v) is 6.17. The molecule has 0 saturated heterocycles. The predicted molar refractivity (Wildman–Crippen MR) is 73.7 cm³/mol. The predicted octanol–water partition coefficient (Wildman–Crippen LogP) is -1.69. The van der Waals surface area contributed by atoms with E-state index in [4.69, 9.17) is 0 Å². The van der Waals surface area contributed by atoms with Crippen LogP contribution in [0.5, 0.6) is 0 Å². The van der Waals surface area contributed by atoms with Crippen LogP contribution in [-0.4, -0.2) is 20.9 Å². The summed E-state index contributed by atoms with van der Waals surface area (Å²) in [5, 5.41) is 11.1. The topological polar surface area (TPSA) is 86.3 Å². The molecule has 1 N–H and O–H groups in total. The van der Waals surface area contributed by atoms with Crippen molar-refractivity contribution in [1.82, 2.24) is 4.72 Å². The van der Waals surface area contributed by atoms with Gasteiger partial charge in [0.05, 0.1) is 12.5 Å². The molecule has 0 unspecified atom stereocenters. The number of carbonyl (C=O) groups is 1. The number of sulfonamides is 1. The minimum Gasteiger partial charge on any atom is -0.549 e. The van der Waals surface area contributed by atoms with Crippen LogP contribution in [-0.2, 0) is 14.8 Å². The van der Waals surface area contributed by atoms with Gasteiger partial charge in [0.15, 0.2) is 0 Å². The molecule has 0 fully saturated rings. The van der Waals surface area contributed by atoms with Crippen molar-refractivity contribution in [3.63, 3.8) is 0 Å². The van der Waals surface area contributed by atoms with Gasteiger partial charge < -0.3 is 9.90 Å². The van der Waals surface area contributed by atoms with Gasteiger partial charge in [0.25, 0.3) is 0 Å². The number of carboxylic acids is 1. The average Bonchev–Trinajstić information content (AvgIpc) is 2.34. The Bertz CT molecular complexity index is 369. The van der Waals surface area contributed by atoms with Crippen LogP contribution >= 0.6 is 0 Å². The first kappa shape index (κ1) is 22.4. The van der Waals surface area contributed by atoms with Gasteiger partial charge in [0, 0.05) is 5.41 Å². The van der Waals surface area contributed by atoms with E-state index in [9.17, 15) is 18.3 Å². The maximum atomic E-state index is 11.3. The second-order valence-electron chi connectivity index (χ2n) is 4.52. The van der Waals surface area contributed by atoms with E-state index in [0.717, 1.165) is 18.2 Å². The SMILES string of the molecule is CCCCCCCCC/C=C/S(=O)(=O)NCC(=O)[O-].[Na+]. The summed E-state index contributed by atoms with van der Waals surface area (Å²) in [6, 6.07) is 0. The third kappa shape index (κ3) is 16.2. The molecule has 0 radical (unpaired) electrons. The molecule has 0 bridgehead atoms. The Balaban J connectivity index is 0. The monoisotopic (exact) mass is 313 g/mol. The maximum absolute atomic E-state index is 11.3. The van der Waals surface area contributed by atoms with Crippen LogP contribution in [0.15, 0.2) is 11.5 Å². The van der Waals surface area contributed by atoms with E-state index in [0.29, 0.717) is 6.42 Å². The number of unbranched alkanes of at least 4 members (excludes halogenated alkanes) is 7. The van der Waals surface area contributed by atoms with Crippen LogP contribution in [0.1, 0.15) is 58.3 Å². The number of hydrogen-bond acceptors (Lipinski definition) is 4. The fourth-order valence-corrected chi connectivity index (χ4v) is 2.43. The molecule has 0 aliphatic heterocycles. The number of aliphatic carboxylic acids is 1. The number of rotatable bonds is 12. The quantitative estimate of drug-likeness (QED) is 0.344. The molecule has 0 aliphatic rings. The van der Waals surface area contributed by atoms with Crippen molar-refractivity contribution in [3.05, 3.63) is 11.5 Å². The standard InChI is InChI=1S/C13H25NO4S.Na/c1-2-3-4-5-6-7-8-9-10-11-19(17,18)14-12-13(15)16;/h10-11,14H,2-9,12H2,1H3,(H,15,16);/q;+1/p-1/b11-10+;. The molecule has 0 aliphatic carbocycles. The molecule has 0 heterocycles. The number of carboxylic acid groups (broad SMARTS) is 1. The zero-order valence-corrected chi connectivity index (χ0v) is 15.4. The molecular formula is C13H24NNaO4S. The molecule has 0 atom stereocenters. The van der Waals surface area contributed by atoms with Crippen molar-refractivity contribution >= 4 is 16.0 Å². The molecule has 0 amide bonds. The molecule has 0 aromatic heterocycles. The van der Waals surface area contributed by atoms with Crippen LogP contribution in [0.25, 0.3) is 0 Å². The summed E-state index contributed by atoms with van der Waals surface area (Å²) in [6.45, 7) is 1.49. The van der Waals surface area contributed by atoms with Gasteiger partial charge in [-0.3, -0.25) is 0 Å². The molecular weight excluding hydrogens is 289 g/mol. The van der Waals surface area contributed by atoms with Gasteiger partial charge in [0.2, 0.25) is 10.0 Å². The summed E-state index contributed by atoms with van der Waals surface area (Å²) in [7, 11) is -3.63. The molecule has 7 heteroatoms. The van der Waals surface area contributed by atoms with E-state index in [-0.39, 0.29) is 29.6 Å². The first-order chi connectivity index (χ1) is 8.98. The number of allylic oxidation sites excluding steroid dienone is 1. The first-order valence-corrected chi connectivity index (χ1v) is 8.38. The van der Waals surface area contributed by atoms with Crippen LogP contribution < -0.4 is 39.4 Å². The van der Waals surface area contributed by atoms with Gasteiger partial charge in [-0.25, -0.2) is 13.1 Å². The molecule has 20 heavy (non-hydrogen) atoms. The molecule has 0 spiro atoms. The Kier molecular flexibility index (Phi) is 15.8. The third-order valence-corrected chi connectivity index (χ3v) is 3.76. The largest absolute Gasteiger partial charge is 1.00 e.